The molecule has 0 aliphatic rings. The van der Waals surface area contributed by atoms with Gasteiger partial charge in [-0.2, -0.15) is 0 Å². The van der Waals surface area contributed by atoms with Crippen molar-refractivity contribution in [2.24, 2.45) is 0 Å². The Balaban J connectivity index is 1.57. The highest BCUT2D eigenvalue weighted by Crippen LogP contribution is 2.28. The summed E-state index contributed by atoms with van der Waals surface area (Å²) in [6, 6.07) is 19.5. The van der Waals surface area contributed by atoms with Gasteiger partial charge in [-0.3, -0.25) is 9.52 Å². The second-order valence-electron chi connectivity index (χ2n) is 7.29. The maximum atomic E-state index is 12.8. The van der Waals surface area contributed by atoms with E-state index in [2.05, 4.69) is 10.0 Å². The number of carbonyl (C=O) groups is 1. The van der Waals surface area contributed by atoms with Crippen LogP contribution < -0.4 is 14.8 Å². The number of thioether (sulfide) groups is 1. The lowest BCUT2D eigenvalue weighted by Gasteiger charge is -2.13. The van der Waals surface area contributed by atoms with E-state index in [1.165, 1.54) is 24.8 Å². The molecular formula is C24H26N2O4S2. The van der Waals surface area contributed by atoms with Crippen molar-refractivity contribution < 1.29 is 17.9 Å². The monoisotopic (exact) mass is 470 g/mol. The highest BCUT2D eigenvalue weighted by Gasteiger charge is 2.17. The van der Waals surface area contributed by atoms with Crippen LogP contribution in [0.25, 0.3) is 0 Å². The van der Waals surface area contributed by atoms with Crippen LogP contribution >= 0.6 is 11.8 Å². The van der Waals surface area contributed by atoms with Gasteiger partial charge in [0.25, 0.3) is 10.0 Å². The predicted molar refractivity (Wildman–Crippen MR) is 130 cm³/mol. The number of amides is 1. The number of ether oxygens (including phenoxy) is 1. The standard InChI is InChI=1S/C24H26N2O4S2/c1-17-4-9-20(10-5-17)31-15-14-24(27)25-19-7-11-21(12-8-19)32(28,29)26-22-16-18(2)6-13-23(22)30-3/h4-13,16,26H,14-15H2,1-3H3,(H,25,27). The van der Waals surface area contributed by atoms with Crippen LogP contribution in [-0.2, 0) is 14.8 Å². The Hall–Kier alpha value is -2.97. The number of hydrogen-bond acceptors (Lipinski definition) is 5. The molecule has 0 heterocycles. The molecule has 1 amide bonds. The van der Waals surface area contributed by atoms with Crippen LogP contribution in [0.15, 0.2) is 76.5 Å². The summed E-state index contributed by atoms with van der Waals surface area (Å²) in [6.45, 7) is 3.90. The molecule has 2 N–H and O–H groups in total. The zero-order valence-electron chi connectivity index (χ0n) is 18.2. The van der Waals surface area contributed by atoms with Crippen LogP contribution in [-0.4, -0.2) is 27.2 Å². The van der Waals surface area contributed by atoms with Gasteiger partial charge in [0.1, 0.15) is 5.75 Å². The molecule has 0 saturated carbocycles. The van der Waals surface area contributed by atoms with E-state index in [1.54, 1.807) is 36.0 Å². The van der Waals surface area contributed by atoms with Gasteiger partial charge in [-0.15, -0.1) is 11.8 Å². The molecule has 3 rings (SSSR count). The van der Waals surface area contributed by atoms with E-state index in [0.717, 1.165) is 10.5 Å². The Bertz CT molecular complexity index is 1180. The molecule has 0 aliphatic carbocycles. The van der Waals surface area contributed by atoms with Crippen LogP contribution in [0.1, 0.15) is 17.5 Å². The molecular weight excluding hydrogens is 444 g/mol. The van der Waals surface area contributed by atoms with Gasteiger partial charge in [-0.25, -0.2) is 8.42 Å². The van der Waals surface area contributed by atoms with Crippen molar-refractivity contribution in [2.45, 2.75) is 30.1 Å². The smallest absolute Gasteiger partial charge is 0.262 e. The third kappa shape index (κ3) is 6.51. The van der Waals surface area contributed by atoms with E-state index in [0.29, 0.717) is 29.3 Å². The second kappa shape index (κ2) is 10.6. The Labute approximate surface area is 193 Å². The van der Waals surface area contributed by atoms with Crippen LogP contribution in [0, 0.1) is 13.8 Å². The van der Waals surface area contributed by atoms with Crippen molar-refractivity contribution >= 4 is 39.1 Å². The van der Waals surface area contributed by atoms with E-state index in [1.807, 2.05) is 44.2 Å². The largest absolute Gasteiger partial charge is 0.495 e. The summed E-state index contributed by atoms with van der Waals surface area (Å²) in [4.78, 5) is 13.4. The topological polar surface area (TPSA) is 84.5 Å². The summed E-state index contributed by atoms with van der Waals surface area (Å²) in [5.41, 5.74) is 3.02. The zero-order valence-corrected chi connectivity index (χ0v) is 19.8. The minimum Gasteiger partial charge on any atom is -0.495 e. The number of rotatable bonds is 9. The average Bonchev–Trinajstić information content (AvgIpc) is 2.75. The highest BCUT2D eigenvalue weighted by molar-refractivity contribution is 7.99. The van der Waals surface area contributed by atoms with E-state index in [9.17, 15) is 13.2 Å². The number of hydrogen-bond donors (Lipinski definition) is 2. The number of benzene rings is 3. The van der Waals surface area contributed by atoms with Crippen molar-refractivity contribution in [1.29, 1.82) is 0 Å². The first kappa shape index (κ1) is 23.7. The molecule has 32 heavy (non-hydrogen) atoms. The molecule has 3 aromatic carbocycles. The van der Waals surface area contributed by atoms with Crippen molar-refractivity contribution in [2.75, 3.05) is 22.9 Å². The fraction of sp³-hybridized carbons (Fsp3) is 0.208. The SMILES string of the molecule is COc1ccc(C)cc1NS(=O)(=O)c1ccc(NC(=O)CCSc2ccc(C)cc2)cc1. The third-order valence-corrected chi connectivity index (χ3v) is 7.06. The molecule has 0 bridgehead atoms. The lowest BCUT2D eigenvalue weighted by molar-refractivity contribution is -0.115. The summed E-state index contributed by atoms with van der Waals surface area (Å²) < 4.78 is 33.3. The van der Waals surface area contributed by atoms with Crippen molar-refractivity contribution in [3.8, 4) is 5.75 Å². The van der Waals surface area contributed by atoms with E-state index in [4.69, 9.17) is 4.74 Å². The van der Waals surface area contributed by atoms with Gasteiger partial charge < -0.3 is 10.1 Å². The maximum absolute atomic E-state index is 12.8. The Morgan fingerprint density at radius 3 is 2.25 bits per heavy atom. The first-order valence-electron chi connectivity index (χ1n) is 10.0. The summed E-state index contributed by atoms with van der Waals surface area (Å²) in [5, 5.41) is 2.80. The average molecular weight is 471 g/mol. The third-order valence-electron chi connectivity index (χ3n) is 4.67. The normalized spacial score (nSPS) is 11.1. The van der Waals surface area contributed by atoms with Crippen LogP contribution in [0.4, 0.5) is 11.4 Å². The molecule has 0 aromatic heterocycles. The highest BCUT2D eigenvalue weighted by atomic mass is 32.2. The van der Waals surface area contributed by atoms with E-state index in [-0.39, 0.29) is 10.8 Å². The van der Waals surface area contributed by atoms with E-state index >= 15 is 0 Å². The van der Waals surface area contributed by atoms with Gasteiger partial charge >= 0.3 is 0 Å². The summed E-state index contributed by atoms with van der Waals surface area (Å²) in [6.07, 6.45) is 0.354. The Kier molecular flexibility index (Phi) is 7.82. The fourth-order valence-corrected chi connectivity index (χ4v) is 4.86. The van der Waals surface area contributed by atoms with E-state index < -0.39 is 10.0 Å². The van der Waals surface area contributed by atoms with Gasteiger partial charge in [0.15, 0.2) is 0 Å². The second-order valence-corrected chi connectivity index (χ2v) is 10.1. The van der Waals surface area contributed by atoms with Gasteiger partial charge in [-0.05, 0) is 67.9 Å². The summed E-state index contributed by atoms with van der Waals surface area (Å²) >= 11 is 1.62. The lowest BCUT2D eigenvalue weighted by atomic mass is 10.2. The molecule has 3 aromatic rings. The number of anilines is 2. The lowest BCUT2D eigenvalue weighted by Crippen LogP contribution is -2.15. The van der Waals surface area contributed by atoms with Crippen LogP contribution in [0.2, 0.25) is 0 Å². The predicted octanol–water partition coefficient (Wildman–Crippen LogP) is 5.23. The van der Waals surface area contributed by atoms with Gasteiger partial charge in [0.2, 0.25) is 5.91 Å². The molecule has 0 atom stereocenters. The number of aryl methyl sites for hydroxylation is 2. The van der Waals surface area contributed by atoms with Gasteiger partial charge in [0.05, 0.1) is 17.7 Å². The molecule has 8 heteroatoms. The van der Waals surface area contributed by atoms with Gasteiger partial charge in [-0.1, -0.05) is 23.8 Å². The first-order valence-corrected chi connectivity index (χ1v) is 12.5. The molecule has 6 nitrogen and oxygen atoms in total. The Morgan fingerprint density at radius 1 is 0.938 bits per heavy atom. The minimum absolute atomic E-state index is 0.0917. The fourth-order valence-electron chi connectivity index (χ4n) is 2.94. The quantitative estimate of drug-likeness (QED) is 0.418. The minimum atomic E-state index is -3.80. The number of sulfonamides is 1. The molecule has 0 saturated heterocycles. The van der Waals surface area contributed by atoms with Gasteiger partial charge in [0, 0.05) is 22.8 Å². The maximum Gasteiger partial charge on any atom is 0.262 e. The molecule has 0 spiro atoms. The van der Waals surface area contributed by atoms with Crippen LogP contribution in [0.5, 0.6) is 5.75 Å². The van der Waals surface area contributed by atoms with Crippen molar-refractivity contribution in [1.82, 2.24) is 0 Å². The summed E-state index contributed by atoms with van der Waals surface area (Å²) in [7, 11) is -2.32. The molecule has 0 fully saturated rings. The van der Waals surface area contributed by atoms with Crippen molar-refractivity contribution in [3.05, 3.63) is 77.9 Å². The van der Waals surface area contributed by atoms with Crippen molar-refractivity contribution in [3.63, 3.8) is 0 Å². The Morgan fingerprint density at radius 2 is 1.59 bits per heavy atom. The number of carbonyl (C=O) groups excluding carboxylic acids is 1. The molecule has 0 aliphatic heterocycles. The molecule has 0 radical (unpaired) electrons. The first-order chi connectivity index (χ1) is 15.3. The zero-order chi connectivity index (χ0) is 23.1. The molecule has 168 valence electrons. The number of methoxy groups -OCH3 is 1. The number of nitrogens with one attached hydrogen (secondary N) is 2. The molecule has 0 unspecified atom stereocenters. The summed E-state index contributed by atoms with van der Waals surface area (Å²) in [5.74, 6) is 0.971. The van der Waals surface area contributed by atoms with Crippen LogP contribution in [0.3, 0.4) is 0 Å².